The van der Waals surface area contributed by atoms with Crippen molar-refractivity contribution in [3.63, 3.8) is 0 Å². The number of nitrogens with one attached hydrogen (secondary N) is 1. The van der Waals surface area contributed by atoms with Gasteiger partial charge in [-0.1, -0.05) is 0 Å². The van der Waals surface area contributed by atoms with Gasteiger partial charge in [-0.2, -0.15) is 0 Å². The maximum Gasteiger partial charge on any atom is 0.303 e. The lowest BCUT2D eigenvalue weighted by atomic mass is 9.88. The largest absolute Gasteiger partial charge is 0.481 e. The third-order valence-corrected chi connectivity index (χ3v) is 5.37. The summed E-state index contributed by atoms with van der Waals surface area (Å²) in [5.74, 6) is 0.168. The fraction of sp³-hybridized carbons (Fsp3) is 0.875. The Morgan fingerprint density at radius 3 is 2.43 bits per heavy atom. The molecule has 5 heteroatoms. The van der Waals surface area contributed by atoms with Gasteiger partial charge < -0.3 is 15.3 Å². The number of carbonyl (C=O) groups excluding carboxylic acids is 1. The number of fused-ring (bicyclic) bond motifs is 2. The molecular weight excluding hydrogens is 268 g/mol. The van der Waals surface area contributed by atoms with E-state index in [1.54, 1.807) is 0 Å². The second kappa shape index (κ2) is 6.34. The average Bonchev–Trinajstić information content (AvgIpc) is 2.77. The zero-order chi connectivity index (χ0) is 14.8. The lowest BCUT2D eigenvalue weighted by Gasteiger charge is -2.34. The number of piperidine rings is 2. The predicted octanol–water partition coefficient (Wildman–Crippen LogP) is 1.62. The minimum absolute atomic E-state index is 0.143. The van der Waals surface area contributed by atoms with E-state index in [0.717, 1.165) is 32.2 Å². The summed E-state index contributed by atoms with van der Waals surface area (Å²) in [6.45, 7) is 1.45. The smallest absolute Gasteiger partial charge is 0.303 e. The summed E-state index contributed by atoms with van der Waals surface area (Å²) in [6, 6.07) is 1.25. The molecule has 3 saturated heterocycles. The first kappa shape index (κ1) is 14.8. The van der Waals surface area contributed by atoms with Crippen LogP contribution in [0.4, 0.5) is 0 Å². The number of nitrogens with zero attached hydrogens (tertiary/aromatic N) is 1. The third-order valence-electron chi connectivity index (χ3n) is 5.37. The van der Waals surface area contributed by atoms with Gasteiger partial charge in [0.05, 0.1) is 0 Å². The monoisotopic (exact) mass is 294 g/mol. The van der Waals surface area contributed by atoms with Crippen molar-refractivity contribution >= 4 is 11.9 Å². The van der Waals surface area contributed by atoms with Crippen LogP contribution in [0.2, 0.25) is 0 Å². The summed E-state index contributed by atoms with van der Waals surface area (Å²) in [5, 5.41) is 12.5. The molecule has 2 N–H and O–H groups in total. The van der Waals surface area contributed by atoms with Crippen LogP contribution in [0, 0.1) is 11.8 Å². The first-order valence-electron chi connectivity index (χ1n) is 8.35. The quantitative estimate of drug-likeness (QED) is 0.826. The van der Waals surface area contributed by atoms with E-state index >= 15 is 0 Å². The number of likely N-dealkylation sites (tertiary alicyclic amines) is 1. The Morgan fingerprint density at radius 2 is 1.76 bits per heavy atom. The van der Waals surface area contributed by atoms with Gasteiger partial charge in [-0.05, 0) is 50.4 Å². The first-order chi connectivity index (χ1) is 10.1. The Hall–Kier alpha value is -1.10. The summed E-state index contributed by atoms with van der Waals surface area (Å²) >= 11 is 0. The zero-order valence-corrected chi connectivity index (χ0v) is 12.6. The number of hydrogen-bond donors (Lipinski definition) is 2. The van der Waals surface area contributed by atoms with Crippen molar-refractivity contribution in [1.29, 1.82) is 0 Å². The Labute approximate surface area is 126 Å². The van der Waals surface area contributed by atoms with Crippen LogP contribution >= 0.6 is 0 Å². The highest BCUT2D eigenvalue weighted by Gasteiger charge is 2.35. The van der Waals surface area contributed by atoms with Crippen molar-refractivity contribution in [2.24, 2.45) is 11.8 Å². The van der Waals surface area contributed by atoms with Gasteiger partial charge in [0.15, 0.2) is 0 Å². The van der Waals surface area contributed by atoms with Crippen molar-refractivity contribution in [2.45, 2.75) is 63.5 Å². The van der Waals surface area contributed by atoms with Crippen molar-refractivity contribution in [3.05, 3.63) is 0 Å². The van der Waals surface area contributed by atoms with E-state index in [-0.39, 0.29) is 18.2 Å². The number of carboxylic acid groups (broad SMARTS) is 1. The molecule has 0 aromatic rings. The standard InChI is InChI=1S/C16H26N2O3/c19-15(8-12-6-13-3-4-14(7-12)17-13)18-5-1-2-11(10-18)9-16(20)21/h11-14,17H,1-10H2,(H,20,21). The van der Waals surface area contributed by atoms with E-state index < -0.39 is 5.97 Å². The summed E-state index contributed by atoms with van der Waals surface area (Å²) in [7, 11) is 0. The lowest BCUT2D eigenvalue weighted by molar-refractivity contribution is -0.141. The molecule has 0 spiro atoms. The van der Waals surface area contributed by atoms with E-state index in [1.165, 1.54) is 12.8 Å². The van der Waals surface area contributed by atoms with Crippen LogP contribution in [-0.2, 0) is 9.59 Å². The van der Waals surface area contributed by atoms with E-state index in [9.17, 15) is 9.59 Å². The van der Waals surface area contributed by atoms with E-state index in [0.29, 0.717) is 31.0 Å². The van der Waals surface area contributed by atoms with Gasteiger partial charge in [0.25, 0.3) is 0 Å². The van der Waals surface area contributed by atoms with E-state index in [1.807, 2.05) is 4.90 Å². The molecule has 21 heavy (non-hydrogen) atoms. The van der Waals surface area contributed by atoms with Gasteiger partial charge in [-0.15, -0.1) is 0 Å². The molecule has 3 unspecified atom stereocenters. The van der Waals surface area contributed by atoms with Crippen LogP contribution in [-0.4, -0.2) is 47.1 Å². The first-order valence-corrected chi connectivity index (χ1v) is 8.35. The zero-order valence-electron chi connectivity index (χ0n) is 12.6. The van der Waals surface area contributed by atoms with E-state index in [2.05, 4.69) is 5.32 Å². The van der Waals surface area contributed by atoms with Gasteiger partial charge in [0, 0.05) is 38.0 Å². The van der Waals surface area contributed by atoms with Gasteiger partial charge in [-0.25, -0.2) is 0 Å². The Kier molecular flexibility index (Phi) is 4.48. The van der Waals surface area contributed by atoms with Gasteiger partial charge in [-0.3, -0.25) is 9.59 Å². The van der Waals surface area contributed by atoms with Crippen LogP contribution in [0.3, 0.4) is 0 Å². The summed E-state index contributed by atoms with van der Waals surface area (Å²) < 4.78 is 0. The van der Waals surface area contributed by atoms with Crippen LogP contribution in [0.25, 0.3) is 0 Å². The topological polar surface area (TPSA) is 69.6 Å². The van der Waals surface area contributed by atoms with Crippen molar-refractivity contribution < 1.29 is 14.7 Å². The second-order valence-electron chi connectivity index (χ2n) is 7.13. The molecule has 3 aliphatic rings. The fourth-order valence-corrected chi connectivity index (χ4v) is 4.42. The number of carboxylic acids is 1. The number of hydrogen-bond acceptors (Lipinski definition) is 3. The molecule has 0 aromatic heterocycles. The molecule has 3 rings (SSSR count). The van der Waals surface area contributed by atoms with Gasteiger partial charge in [0.2, 0.25) is 5.91 Å². The van der Waals surface area contributed by atoms with Crippen molar-refractivity contribution in [3.8, 4) is 0 Å². The van der Waals surface area contributed by atoms with Crippen LogP contribution in [0.1, 0.15) is 51.4 Å². The van der Waals surface area contributed by atoms with Crippen LogP contribution < -0.4 is 5.32 Å². The van der Waals surface area contributed by atoms with E-state index in [4.69, 9.17) is 5.11 Å². The van der Waals surface area contributed by atoms with Crippen molar-refractivity contribution in [1.82, 2.24) is 10.2 Å². The molecule has 3 heterocycles. The molecule has 118 valence electrons. The average molecular weight is 294 g/mol. The number of amides is 1. The molecule has 0 aliphatic carbocycles. The number of aliphatic carboxylic acids is 1. The molecule has 3 aliphatic heterocycles. The fourth-order valence-electron chi connectivity index (χ4n) is 4.42. The highest BCUT2D eigenvalue weighted by atomic mass is 16.4. The summed E-state index contributed by atoms with van der Waals surface area (Å²) in [5.41, 5.74) is 0. The number of rotatable bonds is 4. The normalized spacial score (nSPS) is 35.7. The molecule has 0 saturated carbocycles. The molecule has 0 radical (unpaired) electrons. The molecule has 2 bridgehead atoms. The molecule has 3 fully saturated rings. The number of carbonyl (C=O) groups is 2. The predicted molar refractivity (Wildman–Crippen MR) is 78.8 cm³/mol. The lowest BCUT2D eigenvalue weighted by Crippen LogP contribution is -2.43. The molecule has 1 amide bonds. The molecule has 0 aromatic carbocycles. The highest BCUT2D eigenvalue weighted by Crippen LogP contribution is 2.33. The highest BCUT2D eigenvalue weighted by molar-refractivity contribution is 5.76. The Balaban J connectivity index is 1.49. The second-order valence-corrected chi connectivity index (χ2v) is 7.13. The molecular formula is C16H26N2O3. The van der Waals surface area contributed by atoms with Gasteiger partial charge in [0.1, 0.15) is 0 Å². The van der Waals surface area contributed by atoms with Gasteiger partial charge >= 0.3 is 5.97 Å². The minimum atomic E-state index is -0.746. The summed E-state index contributed by atoms with van der Waals surface area (Å²) in [6.07, 6.45) is 7.53. The summed E-state index contributed by atoms with van der Waals surface area (Å²) in [4.78, 5) is 25.2. The maximum absolute atomic E-state index is 12.5. The van der Waals surface area contributed by atoms with Crippen LogP contribution in [0.15, 0.2) is 0 Å². The van der Waals surface area contributed by atoms with Crippen LogP contribution in [0.5, 0.6) is 0 Å². The molecule has 3 atom stereocenters. The Bertz CT molecular complexity index is 400. The Morgan fingerprint density at radius 1 is 1.05 bits per heavy atom. The SMILES string of the molecule is O=C(O)CC1CCCN(C(=O)CC2CC3CCC(C2)N3)C1. The molecule has 5 nitrogen and oxygen atoms in total. The van der Waals surface area contributed by atoms with Crippen molar-refractivity contribution in [2.75, 3.05) is 13.1 Å². The minimum Gasteiger partial charge on any atom is -0.481 e. The maximum atomic E-state index is 12.5. The third kappa shape index (κ3) is 3.76.